The molecule has 0 aliphatic carbocycles. The Balaban J connectivity index is 0.00000169. The summed E-state index contributed by atoms with van der Waals surface area (Å²) in [5.41, 5.74) is 1.16. The first-order valence-electron chi connectivity index (χ1n) is 3.67. The molecule has 14 heavy (non-hydrogen) atoms. The average molecular weight is 219 g/mol. The van der Waals surface area contributed by atoms with Crippen LogP contribution in [0.1, 0.15) is 12.5 Å². The second kappa shape index (κ2) is 5.09. The molecule has 0 heterocycles. The third kappa shape index (κ3) is 3.22. The zero-order chi connectivity index (χ0) is 10.1. The number of benzene rings is 1. The van der Waals surface area contributed by atoms with Gasteiger partial charge in [-0.1, -0.05) is 24.8 Å². The molecule has 0 amide bonds. The van der Waals surface area contributed by atoms with Crippen molar-refractivity contribution in [2.75, 3.05) is 0 Å². The molecular formula is C9H10NNaO2S. The Kier molecular flexibility index (Phi) is 5.05. The predicted octanol–water partition coefficient (Wildman–Crippen LogP) is -0.535. The van der Waals surface area contributed by atoms with E-state index in [2.05, 4.69) is 6.58 Å². The van der Waals surface area contributed by atoms with Gasteiger partial charge in [0.25, 0.3) is 0 Å². The number of sulfonamides is 1. The molecule has 1 rings (SSSR count). The molecule has 0 atom stereocenters. The summed E-state index contributed by atoms with van der Waals surface area (Å²) in [6.45, 7) is 5.36. The molecule has 70 valence electrons. The van der Waals surface area contributed by atoms with Crippen LogP contribution in [0.4, 0.5) is 0 Å². The molecule has 0 fully saturated rings. The summed E-state index contributed by atoms with van der Waals surface area (Å²) in [6, 6.07) is 6.36. The number of nitrogens with one attached hydrogen (secondary N) is 1. The van der Waals surface area contributed by atoms with Crippen molar-refractivity contribution in [2.24, 2.45) is 0 Å². The van der Waals surface area contributed by atoms with Gasteiger partial charge in [-0.2, -0.15) is 0 Å². The van der Waals surface area contributed by atoms with Crippen LogP contribution in [0.5, 0.6) is 0 Å². The van der Waals surface area contributed by atoms with Gasteiger partial charge in [-0.25, -0.2) is 8.42 Å². The average Bonchev–Trinajstić information content (AvgIpc) is 2.03. The summed E-state index contributed by atoms with van der Waals surface area (Å²) in [6.07, 6.45) is 0. The van der Waals surface area contributed by atoms with Crippen molar-refractivity contribution in [3.63, 3.8) is 0 Å². The summed E-state index contributed by atoms with van der Waals surface area (Å²) >= 11 is 0. The van der Waals surface area contributed by atoms with E-state index in [1.54, 1.807) is 25.1 Å². The number of hydrogen-bond donors (Lipinski definition) is 0. The quantitative estimate of drug-likeness (QED) is 0.627. The van der Waals surface area contributed by atoms with E-state index in [0.29, 0.717) is 11.1 Å². The number of allylic oxidation sites excluding steroid dienone is 1. The minimum atomic E-state index is -3.89. The van der Waals surface area contributed by atoms with Crippen molar-refractivity contribution >= 4 is 15.6 Å². The topological polar surface area (TPSA) is 57.9 Å². The molecule has 0 saturated heterocycles. The van der Waals surface area contributed by atoms with Gasteiger partial charge in [-0.05, 0) is 24.1 Å². The molecule has 0 unspecified atom stereocenters. The Hall–Kier alpha value is -0.130. The van der Waals surface area contributed by atoms with Crippen molar-refractivity contribution in [2.45, 2.75) is 11.8 Å². The van der Waals surface area contributed by atoms with Crippen LogP contribution in [-0.2, 0) is 10.0 Å². The van der Waals surface area contributed by atoms with Crippen LogP contribution in [0.3, 0.4) is 0 Å². The van der Waals surface area contributed by atoms with E-state index in [-0.39, 0.29) is 34.5 Å². The fraction of sp³-hybridized carbons (Fsp3) is 0.111. The van der Waals surface area contributed by atoms with E-state index in [9.17, 15) is 8.42 Å². The third-order valence-electron chi connectivity index (χ3n) is 1.64. The molecule has 5 heteroatoms. The summed E-state index contributed by atoms with van der Waals surface area (Å²) in [4.78, 5) is 0.0162. The van der Waals surface area contributed by atoms with Crippen LogP contribution in [0.15, 0.2) is 35.7 Å². The molecule has 3 nitrogen and oxygen atoms in total. The molecule has 0 saturated carbocycles. The standard InChI is InChI=1S/C9H10NO2S.Na/c1-7(2)8-5-3-4-6-9(8)13(10,11)12;/h3-6H,1H2,2H3,(H-,10,11,12);/q-1;+1. The zero-order valence-electron chi connectivity index (χ0n) is 8.24. The van der Waals surface area contributed by atoms with Crippen molar-refractivity contribution in [1.29, 1.82) is 0 Å². The smallest absolute Gasteiger partial charge is 0.560 e. The minimum absolute atomic E-state index is 0. The van der Waals surface area contributed by atoms with Crippen LogP contribution < -0.4 is 29.6 Å². The van der Waals surface area contributed by atoms with E-state index in [1.165, 1.54) is 6.07 Å². The Labute approximate surface area is 106 Å². The fourth-order valence-corrected chi connectivity index (χ4v) is 1.84. The SMILES string of the molecule is C=C(C)c1ccccc1S([NH-])(=O)=O.[Na+]. The summed E-state index contributed by atoms with van der Waals surface area (Å²) in [5, 5.41) is 6.94. The number of hydrogen-bond acceptors (Lipinski definition) is 2. The van der Waals surface area contributed by atoms with E-state index in [1.807, 2.05) is 0 Å². The number of rotatable bonds is 2. The van der Waals surface area contributed by atoms with Crippen LogP contribution in [0, 0.1) is 0 Å². The van der Waals surface area contributed by atoms with Gasteiger partial charge in [0, 0.05) is 0 Å². The van der Waals surface area contributed by atoms with Gasteiger partial charge >= 0.3 is 29.6 Å². The Morgan fingerprint density at radius 1 is 1.36 bits per heavy atom. The van der Waals surface area contributed by atoms with Crippen LogP contribution in [0.25, 0.3) is 10.7 Å². The Bertz CT molecular complexity index is 440. The predicted molar refractivity (Wildman–Crippen MR) is 52.7 cm³/mol. The normalized spacial score (nSPS) is 10.4. The van der Waals surface area contributed by atoms with E-state index >= 15 is 0 Å². The second-order valence-electron chi connectivity index (χ2n) is 2.78. The molecule has 0 radical (unpaired) electrons. The largest absolute Gasteiger partial charge is 1.00 e. The first kappa shape index (κ1) is 13.9. The van der Waals surface area contributed by atoms with Crippen LogP contribution in [-0.4, -0.2) is 8.42 Å². The molecule has 1 aromatic rings. The van der Waals surface area contributed by atoms with Crippen molar-refractivity contribution < 1.29 is 38.0 Å². The van der Waals surface area contributed by atoms with Gasteiger partial charge in [-0.15, -0.1) is 0 Å². The van der Waals surface area contributed by atoms with Crippen molar-refractivity contribution in [1.82, 2.24) is 0 Å². The Morgan fingerprint density at radius 3 is 2.21 bits per heavy atom. The van der Waals surface area contributed by atoms with E-state index in [4.69, 9.17) is 5.14 Å². The monoisotopic (exact) mass is 219 g/mol. The molecule has 0 bridgehead atoms. The molecule has 0 spiro atoms. The van der Waals surface area contributed by atoms with Gasteiger partial charge in [0.05, 0.1) is 14.9 Å². The maximum absolute atomic E-state index is 11.0. The molecular weight excluding hydrogens is 209 g/mol. The molecule has 0 aliphatic rings. The summed E-state index contributed by atoms with van der Waals surface area (Å²) in [5.74, 6) is 0. The van der Waals surface area contributed by atoms with Crippen molar-refractivity contribution in [3.05, 3.63) is 41.5 Å². The Morgan fingerprint density at radius 2 is 1.86 bits per heavy atom. The summed E-state index contributed by atoms with van der Waals surface area (Å²) in [7, 11) is -3.89. The van der Waals surface area contributed by atoms with Gasteiger partial charge < -0.3 is 5.14 Å². The van der Waals surface area contributed by atoms with Crippen LogP contribution in [0.2, 0.25) is 0 Å². The van der Waals surface area contributed by atoms with Crippen molar-refractivity contribution in [3.8, 4) is 0 Å². The molecule has 1 aromatic carbocycles. The maximum atomic E-state index is 11.0. The van der Waals surface area contributed by atoms with Crippen LogP contribution >= 0.6 is 0 Å². The summed E-state index contributed by atoms with van der Waals surface area (Å²) < 4.78 is 22.0. The zero-order valence-corrected chi connectivity index (χ0v) is 11.1. The van der Waals surface area contributed by atoms with Gasteiger partial charge in [0.2, 0.25) is 0 Å². The first-order chi connectivity index (χ1) is 5.93. The van der Waals surface area contributed by atoms with Gasteiger partial charge in [0.15, 0.2) is 0 Å². The fourth-order valence-electron chi connectivity index (χ4n) is 1.05. The molecule has 0 aliphatic heterocycles. The second-order valence-corrected chi connectivity index (χ2v) is 4.23. The first-order valence-corrected chi connectivity index (χ1v) is 5.16. The van der Waals surface area contributed by atoms with E-state index < -0.39 is 10.0 Å². The maximum Gasteiger partial charge on any atom is 1.00 e. The van der Waals surface area contributed by atoms with Gasteiger partial charge in [-0.3, -0.25) is 0 Å². The van der Waals surface area contributed by atoms with Gasteiger partial charge in [0.1, 0.15) is 0 Å². The van der Waals surface area contributed by atoms with E-state index in [0.717, 1.165) is 0 Å². The third-order valence-corrected chi connectivity index (χ3v) is 2.57. The molecule has 0 aromatic heterocycles. The molecule has 1 N–H and O–H groups in total. The minimum Gasteiger partial charge on any atom is -0.560 e.